The molecule has 0 bridgehead atoms. The van der Waals surface area contributed by atoms with E-state index in [1.165, 1.54) is 173 Å². The Hall–Kier alpha value is -2.84. The molecule has 9 heteroatoms. The largest absolute Gasteiger partial charge is 0.756 e. The highest BCUT2D eigenvalue weighted by molar-refractivity contribution is 7.45. The van der Waals surface area contributed by atoms with Crippen molar-refractivity contribution in [2.24, 2.45) is 0 Å². The molecule has 0 aliphatic heterocycles. The molecule has 8 nitrogen and oxygen atoms in total. The number of aliphatic hydroxyl groups is 1. The standard InChI is InChI=1S/C70H125N2O6P/c1-6-8-10-12-14-16-18-20-22-24-26-28-29-30-31-32-33-34-35-36-37-38-39-40-41-42-43-44-46-48-50-52-54-56-58-60-62-64-70(74)71-68(67-78-79(75,76)77-66-65-72(3,4)5)69(73)63-61-59-57-55-53-51-49-47-45-27-25-23-21-19-17-15-13-11-9-7-2/h8,10,14,16,20,22,26,28,30-31,33-34,45,47,53,55,61,63,68-69,73H,6-7,9,11-13,15,17-19,21,23-25,27,29,32,35-44,46,48-52,54,56-60,62,64-67H2,1-5H3,(H-,71,74,75,76)/b10-8-,16-14-,22-20-,28-26-,31-30-,34-33-,47-45+,55-53+,63-61+. The molecule has 0 spiro atoms. The summed E-state index contributed by atoms with van der Waals surface area (Å²) in [6.45, 7) is 4.52. The predicted molar refractivity (Wildman–Crippen MR) is 343 cm³/mol. The van der Waals surface area contributed by atoms with Crippen molar-refractivity contribution < 1.29 is 32.9 Å². The summed E-state index contributed by atoms with van der Waals surface area (Å²) in [6, 6.07) is -0.915. The Kier molecular flexibility index (Phi) is 57.6. The molecule has 0 aliphatic carbocycles. The number of likely N-dealkylation sites (N-methyl/N-ethyl adjacent to an activating group) is 1. The van der Waals surface area contributed by atoms with Gasteiger partial charge >= 0.3 is 0 Å². The third-order valence-corrected chi connectivity index (χ3v) is 15.2. The van der Waals surface area contributed by atoms with E-state index in [2.05, 4.69) is 116 Å². The number of hydrogen-bond donors (Lipinski definition) is 2. The van der Waals surface area contributed by atoms with Crippen molar-refractivity contribution in [1.82, 2.24) is 5.32 Å². The lowest BCUT2D eigenvalue weighted by molar-refractivity contribution is -0.870. The smallest absolute Gasteiger partial charge is 0.268 e. The summed E-state index contributed by atoms with van der Waals surface area (Å²) in [7, 11) is 1.23. The van der Waals surface area contributed by atoms with E-state index < -0.39 is 26.6 Å². The van der Waals surface area contributed by atoms with Crippen molar-refractivity contribution in [3.63, 3.8) is 0 Å². The first-order valence-electron chi connectivity index (χ1n) is 32.7. The van der Waals surface area contributed by atoms with Crippen LogP contribution < -0.4 is 10.2 Å². The number of hydrogen-bond acceptors (Lipinski definition) is 6. The van der Waals surface area contributed by atoms with Crippen LogP contribution in [0.25, 0.3) is 0 Å². The van der Waals surface area contributed by atoms with E-state index in [1.807, 2.05) is 27.2 Å². The Morgan fingerprint density at radius 3 is 1.18 bits per heavy atom. The number of amides is 1. The number of rotatable bonds is 59. The van der Waals surface area contributed by atoms with E-state index in [1.54, 1.807) is 6.08 Å². The van der Waals surface area contributed by atoms with Gasteiger partial charge in [0.15, 0.2) is 0 Å². The van der Waals surface area contributed by atoms with E-state index in [9.17, 15) is 19.4 Å². The summed E-state index contributed by atoms with van der Waals surface area (Å²) >= 11 is 0. The van der Waals surface area contributed by atoms with E-state index in [0.717, 1.165) is 83.5 Å². The molecule has 1 amide bonds. The summed E-state index contributed by atoms with van der Waals surface area (Å²) in [5, 5.41) is 13.9. The summed E-state index contributed by atoms with van der Waals surface area (Å²) in [5.74, 6) is -0.211. The van der Waals surface area contributed by atoms with Crippen molar-refractivity contribution in [2.75, 3.05) is 40.9 Å². The van der Waals surface area contributed by atoms with Crippen molar-refractivity contribution in [1.29, 1.82) is 0 Å². The van der Waals surface area contributed by atoms with E-state index in [-0.39, 0.29) is 12.5 Å². The Morgan fingerprint density at radius 2 is 0.785 bits per heavy atom. The van der Waals surface area contributed by atoms with Crippen LogP contribution in [0.2, 0.25) is 0 Å². The maximum atomic E-state index is 13.0. The zero-order chi connectivity index (χ0) is 57.7. The minimum atomic E-state index is -4.62. The second-order valence-electron chi connectivity index (χ2n) is 23.1. The summed E-state index contributed by atoms with van der Waals surface area (Å²) in [6.07, 6.45) is 87.7. The molecule has 0 heterocycles. The molecule has 456 valence electrons. The highest BCUT2D eigenvalue weighted by Gasteiger charge is 2.23. The van der Waals surface area contributed by atoms with Gasteiger partial charge in [0.1, 0.15) is 13.2 Å². The summed E-state index contributed by atoms with van der Waals surface area (Å²) in [4.78, 5) is 25.6. The zero-order valence-electron chi connectivity index (χ0n) is 52.0. The van der Waals surface area contributed by atoms with Crippen molar-refractivity contribution in [3.8, 4) is 0 Å². The molecule has 0 rings (SSSR count). The van der Waals surface area contributed by atoms with Crippen molar-refractivity contribution >= 4 is 13.7 Å². The van der Waals surface area contributed by atoms with Crippen LogP contribution in [0.4, 0.5) is 0 Å². The number of aliphatic hydroxyl groups excluding tert-OH is 1. The van der Waals surface area contributed by atoms with E-state index in [4.69, 9.17) is 9.05 Å². The molecule has 79 heavy (non-hydrogen) atoms. The van der Waals surface area contributed by atoms with Gasteiger partial charge in [-0.15, -0.1) is 0 Å². The van der Waals surface area contributed by atoms with Crippen LogP contribution >= 0.6 is 7.82 Å². The van der Waals surface area contributed by atoms with E-state index in [0.29, 0.717) is 17.4 Å². The Balaban J connectivity index is 4.09. The number of unbranched alkanes of at least 4 members (excludes halogenated alkanes) is 30. The third kappa shape index (κ3) is 62.6. The van der Waals surface area contributed by atoms with Crippen molar-refractivity contribution in [3.05, 3.63) is 109 Å². The van der Waals surface area contributed by atoms with Crippen LogP contribution in [-0.2, 0) is 18.4 Å². The Bertz CT molecular complexity index is 1650. The van der Waals surface area contributed by atoms with Crippen molar-refractivity contribution in [2.45, 2.75) is 289 Å². The maximum Gasteiger partial charge on any atom is 0.268 e. The van der Waals surface area contributed by atoms with Gasteiger partial charge in [0, 0.05) is 6.42 Å². The van der Waals surface area contributed by atoms with Gasteiger partial charge in [-0.3, -0.25) is 9.36 Å². The van der Waals surface area contributed by atoms with Gasteiger partial charge in [-0.1, -0.05) is 284 Å². The highest BCUT2D eigenvalue weighted by Crippen LogP contribution is 2.38. The van der Waals surface area contributed by atoms with Crippen LogP contribution in [0.5, 0.6) is 0 Å². The molecular weight excluding hydrogens is 996 g/mol. The number of carbonyl (C=O) groups is 1. The highest BCUT2D eigenvalue weighted by atomic mass is 31.2. The fourth-order valence-electron chi connectivity index (χ4n) is 9.13. The van der Waals surface area contributed by atoms with Crippen LogP contribution in [-0.4, -0.2) is 68.5 Å². The molecule has 0 aliphatic rings. The van der Waals surface area contributed by atoms with E-state index >= 15 is 0 Å². The molecule has 0 aromatic heterocycles. The van der Waals surface area contributed by atoms with Gasteiger partial charge in [0.05, 0.1) is 39.9 Å². The first kappa shape index (κ1) is 76.2. The second kappa shape index (κ2) is 59.8. The normalized spacial score (nSPS) is 14.5. The van der Waals surface area contributed by atoms with Gasteiger partial charge in [-0.2, -0.15) is 0 Å². The van der Waals surface area contributed by atoms with Gasteiger partial charge in [0.25, 0.3) is 7.82 Å². The van der Waals surface area contributed by atoms with Crippen LogP contribution in [0.1, 0.15) is 277 Å². The molecule has 0 saturated heterocycles. The average molecular weight is 1120 g/mol. The number of phosphoric ester groups is 1. The molecule has 0 radical (unpaired) electrons. The fourth-order valence-corrected chi connectivity index (χ4v) is 9.85. The molecular formula is C70H125N2O6P. The average Bonchev–Trinajstić information content (AvgIpc) is 3.42. The van der Waals surface area contributed by atoms with Gasteiger partial charge < -0.3 is 28.8 Å². The number of carbonyl (C=O) groups excluding carboxylic acids is 1. The number of allylic oxidation sites excluding steroid dienone is 17. The van der Waals surface area contributed by atoms with Gasteiger partial charge in [-0.25, -0.2) is 0 Å². The lowest BCUT2D eigenvalue weighted by Gasteiger charge is -2.29. The molecule has 0 aromatic rings. The molecule has 0 fully saturated rings. The minimum absolute atomic E-state index is 0.0119. The predicted octanol–water partition coefficient (Wildman–Crippen LogP) is 20.1. The molecule has 3 atom stereocenters. The minimum Gasteiger partial charge on any atom is -0.756 e. The quantitative estimate of drug-likeness (QED) is 0.0272. The van der Waals surface area contributed by atoms with Crippen LogP contribution in [0.3, 0.4) is 0 Å². The lowest BCUT2D eigenvalue weighted by Crippen LogP contribution is -2.45. The van der Waals surface area contributed by atoms with Gasteiger partial charge in [0.2, 0.25) is 5.91 Å². The fraction of sp³-hybridized carbons (Fsp3) is 0.729. The zero-order valence-corrected chi connectivity index (χ0v) is 52.9. The molecule has 3 unspecified atom stereocenters. The summed E-state index contributed by atoms with van der Waals surface area (Å²) in [5.41, 5.74) is 0. The van der Waals surface area contributed by atoms with Crippen LogP contribution in [0.15, 0.2) is 109 Å². The third-order valence-electron chi connectivity index (χ3n) is 14.2. The summed E-state index contributed by atoms with van der Waals surface area (Å²) < 4.78 is 23.4. The first-order chi connectivity index (χ1) is 38.5. The number of quaternary nitrogens is 1. The number of nitrogens with one attached hydrogen (secondary N) is 1. The Labute approximate surface area is 489 Å². The topological polar surface area (TPSA) is 108 Å². The SMILES string of the molecule is CC/C=C\C/C=C\C/C=C\C/C=C\C/C=C\C/C=C\CCCCCCCCCCCCCCCCCCCCC(=O)NC(COP(=O)([O-])OCC[N+](C)(C)C)C(O)/C=C/CC/C=C/CC/C=C/CCCCCCCCCCCC. The van der Waals surface area contributed by atoms with Crippen LogP contribution in [0, 0.1) is 0 Å². The molecule has 0 saturated carbocycles. The number of nitrogens with zero attached hydrogens (tertiary/aromatic N) is 1. The maximum absolute atomic E-state index is 13.0. The second-order valence-corrected chi connectivity index (χ2v) is 24.5. The monoisotopic (exact) mass is 1120 g/mol. The molecule has 2 N–H and O–H groups in total. The first-order valence-corrected chi connectivity index (χ1v) is 34.2. The molecule has 0 aromatic carbocycles. The Morgan fingerprint density at radius 1 is 0.456 bits per heavy atom. The number of phosphoric acid groups is 1. The van der Waals surface area contributed by atoms with Gasteiger partial charge in [-0.05, 0) is 96.3 Å². The lowest BCUT2D eigenvalue weighted by atomic mass is 10.0.